The van der Waals surface area contributed by atoms with Gasteiger partial charge in [0.2, 0.25) is 0 Å². The zero-order valence-electron chi connectivity index (χ0n) is 16.4. The second-order valence-electron chi connectivity index (χ2n) is 8.11. The molecule has 2 N–H and O–H groups in total. The Morgan fingerprint density at radius 2 is 1.86 bits per heavy atom. The first-order valence-corrected chi connectivity index (χ1v) is 10.5. The summed E-state index contributed by atoms with van der Waals surface area (Å²) in [5, 5.41) is 4.87. The van der Waals surface area contributed by atoms with Crippen LogP contribution in [0.2, 0.25) is 0 Å². The maximum absolute atomic E-state index is 12.5. The van der Waals surface area contributed by atoms with Gasteiger partial charge in [-0.2, -0.15) is 0 Å². The molecule has 1 fully saturated rings. The van der Waals surface area contributed by atoms with E-state index < -0.39 is 0 Å². The van der Waals surface area contributed by atoms with Gasteiger partial charge in [-0.1, -0.05) is 43.2 Å². The van der Waals surface area contributed by atoms with Crippen molar-refractivity contribution in [1.82, 2.24) is 9.88 Å². The van der Waals surface area contributed by atoms with Crippen molar-refractivity contribution in [3.05, 3.63) is 65.4 Å². The summed E-state index contributed by atoms with van der Waals surface area (Å²) in [6.07, 6.45) is 11.4. The van der Waals surface area contributed by atoms with E-state index >= 15 is 0 Å². The summed E-state index contributed by atoms with van der Waals surface area (Å²) < 4.78 is 0. The minimum Gasteiger partial charge on any atom is -0.382 e. The summed E-state index contributed by atoms with van der Waals surface area (Å²) in [6.45, 7) is 0.630. The van der Waals surface area contributed by atoms with Crippen LogP contribution in [0.5, 0.6) is 0 Å². The highest BCUT2D eigenvalue weighted by Gasteiger charge is 2.33. The Morgan fingerprint density at radius 1 is 1.10 bits per heavy atom. The van der Waals surface area contributed by atoms with Crippen molar-refractivity contribution in [2.45, 2.75) is 44.2 Å². The lowest BCUT2D eigenvalue weighted by Gasteiger charge is -2.35. The van der Waals surface area contributed by atoms with Crippen molar-refractivity contribution in [3.63, 3.8) is 0 Å². The van der Waals surface area contributed by atoms with Gasteiger partial charge in [0.1, 0.15) is 0 Å². The molecule has 1 aromatic heterocycles. The Kier molecular flexibility index (Phi) is 4.52. The Hall–Kier alpha value is -3.19. The number of amides is 1. The second-order valence-corrected chi connectivity index (χ2v) is 8.11. The van der Waals surface area contributed by atoms with E-state index in [0.717, 1.165) is 28.9 Å². The van der Waals surface area contributed by atoms with Crippen molar-refractivity contribution in [3.8, 4) is 12.3 Å². The number of terminal acetylenes is 1. The molecule has 1 saturated carbocycles. The highest BCUT2D eigenvalue weighted by molar-refractivity contribution is 5.94. The fourth-order valence-corrected chi connectivity index (χ4v) is 4.96. The number of rotatable bonds is 3. The van der Waals surface area contributed by atoms with Gasteiger partial charge in [0.05, 0.1) is 6.04 Å². The first-order chi connectivity index (χ1) is 14.2. The van der Waals surface area contributed by atoms with E-state index in [4.69, 9.17) is 6.42 Å². The van der Waals surface area contributed by atoms with Crippen LogP contribution in [0.1, 0.15) is 48.5 Å². The zero-order valence-corrected chi connectivity index (χ0v) is 16.4. The lowest BCUT2D eigenvalue weighted by Crippen LogP contribution is -2.39. The molecule has 0 spiro atoms. The minimum atomic E-state index is -0.257. The lowest BCUT2D eigenvalue weighted by molar-refractivity contribution is -0.127. The smallest absolute Gasteiger partial charge is 0.299 e. The van der Waals surface area contributed by atoms with Gasteiger partial charge in [0.15, 0.2) is 0 Å². The van der Waals surface area contributed by atoms with Gasteiger partial charge in [-0.05, 0) is 54.5 Å². The molecule has 1 aliphatic heterocycles. The van der Waals surface area contributed by atoms with E-state index in [2.05, 4.69) is 58.7 Å². The molecule has 1 aliphatic carbocycles. The Balaban J connectivity index is 1.53. The first kappa shape index (κ1) is 17.9. The number of benzene rings is 2. The Bertz CT molecular complexity index is 1080. The van der Waals surface area contributed by atoms with E-state index in [9.17, 15) is 4.79 Å². The third kappa shape index (κ3) is 3.17. The number of hydrogen-bond acceptors (Lipinski definition) is 2. The standard InChI is InChI=1S/C25H25N3O/c1-2-23(29)28-16-15-21-20-9-5-6-10-22(20)27-24(21)25(28)17-11-13-19(14-12-17)26-18-7-3-4-8-18/h1,5-6,9-14,18,25-27H,3-4,7-8,15-16H2/t25-/m0/s1. The average molecular weight is 383 g/mol. The monoisotopic (exact) mass is 383 g/mol. The maximum Gasteiger partial charge on any atom is 0.299 e. The molecule has 146 valence electrons. The van der Waals surface area contributed by atoms with Crippen molar-refractivity contribution in [2.75, 3.05) is 11.9 Å². The van der Waals surface area contributed by atoms with E-state index in [1.165, 1.54) is 36.6 Å². The van der Waals surface area contributed by atoms with Crippen LogP contribution in [0.25, 0.3) is 10.9 Å². The molecule has 0 saturated heterocycles. The Labute approximate surface area is 171 Å². The molecule has 0 radical (unpaired) electrons. The average Bonchev–Trinajstić information content (AvgIpc) is 3.40. The van der Waals surface area contributed by atoms with Crippen LogP contribution in [0.4, 0.5) is 5.69 Å². The number of nitrogens with one attached hydrogen (secondary N) is 2. The zero-order chi connectivity index (χ0) is 19.8. The highest BCUT2D eigenvalue weighted by atomic mass is 16.2. The number of fused-ring (bicyclic) bond motifs is 3. The summed E-state index contributed by atoms with van der Waals surface area (Å²) in [5.41, 5.74) is 5.70. The molecule has 2 aliphatic rings. The molecule has 0 bridgehead atoms. The van der Waals surface area contributed by atoms with Gasteiger partial charge in [0.25, 0.3) is 5.91 Å². The molecule has 1 amide bonds. The molecule has 4 heteroatoms. The van der Waals surface area contributed by atoms with Crippen LogP contribution < -0.4 is 5.32 Å². The quantitative estimate of drug-likeness (QED) is 0.648. The van der Waals surface area contributed by atoms with Gasteiger partial charge in [0, 0.05) is 34.9 Å². The molecule has 2 aromatic carbocycles. The number of carbonyl (C=O) groups excluding carboxylic acids is 1. The van der Waals surface area contributed by atoms with Crippen molar-refractivity contribution >= 4 is 22.5 Å². The summed E-state index contributed by atoms with van der Waals surface area (Å²) in [4.78, 5) is 17.9. The summed E-state index contributed by atoms with van der Waals surface area (Å²) in [5.74, 6) is 2.06. The normalized spacial score (nSPS) is 19.1. The van der Waals surface area contributed by atoms with Crippen LogP contribution in [-0.4, -0.2) is 28.4 Å². The number of hydrogen-bond donors (Lipinski definition) is 2. The van der Waals surface area contributed by atoms with Crippen LogP contribution in [0, 0.1) is 12.3 Å². The maximum atomic E-state index is 12.5. The lowest BCUT2D eigenvalue weighted by atomic mass is 9.92. The number of aromatic nitrogens is 1. The van der Waals surface area contributed by atoms with Gasteiger partial charge in [-0.3, -0.25) is 4.79 Å². The summed E-state index contributed by atoms with van der Waals surface area (Å²) in [7, 11) is 0. The minimum absolute atomic E-state index is 0.185. The van der Waals surface area contributed by atoms with Gasteiger partial charge >= 0.3 is 0 Å². The SMILES string of the molecule is C#CC(=O)N1CCc2c([nH]c3ccccc23)[C@@H]1c1ccc(NC2CCCC2)cc1. The molecular weight excluding hydrogens is 358 g/mol. The molecule has 2 heterocycles. The number of anilines is 1. The van der Waals surface area contributed by atoms with Crippen LogP contribution in [0.3, 0.4) is 0 Å². The van der Waals surface area contributed by atoms with Gasteiger partial charge in [-0.25, -0.2) is 0 Å². The molecule has 0 unspecified atom stereocenters. The highest BCUT2D eigenvalue weighted by Crippen LogP contribution is 2.38. The van der Waals surface area contributed by atoms with Crippen molar-refractivity contribution in [1.29, 1.82) is 0 Å². The van der Waals surface area contributed by atoms with Crippen molar-refractivity contribution < 1.29 is 4.79 Å². The van der Waals surface area contributed by atoms with Gasteiger partial charge in [-0.15, -0.1) is 6.42 Å². The van der Waals surface area contributed by atoms with E-state index in [1.807, 2.05) is 11.0 Å². The number of H-pyrrole nitrogens is 1. The van der Waals surface area contributed by atoms with E-state index in [-0.39, 0.29) is 11.9 Å². The fourth-order valence-electron chi connectivity index (χ4n) is 4.96. The van der Waals surface area contributed by atoms with Crippen molar-refractivity contribution in [2.24, 2.45) is 0 Å². The molecule has 4 nitrogen and oxygen atoms in total. The molecule has 5 rings (SSSR count). The van der Waals surface area contributed by atoms with E-state index in [0.29, 0.717) is 12.6 Å². The number of para-hydroxylation sites is 1. The summed E-state index contributed by atoms with van der Waals surface area (Å²) in [6, 6.07) is 17.2. The molecule has 29 heavy (non-hydrogen) atoms. The second kappa shape index (κ2) is 7.33. The van der Waals surface area contributed by atoms with Gasteiger partial charge < -0.3 is 15.2 Å². The topological polar surface area (TPSA) is 48.1 Å². The molecule has 1 atom stereocenters. The van der Waals surface area contributed by atoms with Crippen LogP contribution in [-0.2, 0) is 11.2 Å². The summed E-state index contributed by atoms with van der Waals surface area (Å²) >= 11 is 0. The van der Waals surface area contributed by atoms with E-state index in [1.54, 1.807) is 0 Å². The third-order valence-electron chi connectivity index (χ3n) is 6.37. The largest absolute Gasteiger partial charge is 0.382 e. The Morgan fingerprint density at radius 3 is 2.62 bits per heavy atom. The molecule has 3 aromatic rings. The number of carbonyl (C=O) groups is 1. The number of nitrogens with zero attached hydrogens (tertiary/aromatic N) is 1. The predicted molar refractivity (Wildman–Crippen MR) is 117 cm³/mol. The fraction of sp³-hybridized carbons (Fsp3) is 0.320. The van der Waals surface area contributed by atoms with Crippen LogP contribution in [0.15, 0.2) is 48.5 Å². The first-order valence-electron chi connectivity index (χ1n) is 10.5. The number of aromatic amines is 1. The molecular formula is C25H25N3O. The third-order valence-corrected chi connectivity index (χ3v) is 6.37. The predicted octanol–water partition coefficient (Wildman–Crippen LogP) is 4.63. The van der Waals surface area contributed by atoms with Crippen LogP contribution >= 0.6 is 0 Å².